The number of benzene rings is 1. The molecule has 0 saturated carbocycles. The van der Waals surface area contributed by atoms with Crippen LogP contribution in [0.4, 0.5) is 5.69 Å². The Morgan fingerprint density at radius 2 is 1.68 bits per heavy atom. The fraction of sp³-hybridized carbons (Fsp3) is 0.167. The highest BCUT2D eigenvalue weighted by molar-refractivity contribution is 7.99. The van der Waals surface area contributed by atoms with E-state index in [1.165, 1.54) is 23.9 Å². The number of rotatable bonds is 3. The van der Waals surface area contributed by atoms with E-state index in [-0.39, 0.29) is 5.69 Å². The molecule has 2 aromatic rings. The fourth-order valence-corrected chi connectivity index (χ4v) is 2.39. The van der Waals surface area contributed by atoms with Gasteiger partial charge >= 0.3 is 0 Å². The summed E-state index contributed by atoms with van der Waals surface area (Å²) >= 11 is 7.34. The Morgan fingerprint density at radius 1 is 1.16 bits per heavy atom. The number of hydrogen-bond donors (Lipinski definition) is 0. The van der Waals surface area contributed by atoms with Crippen molar-refractivity contribution in [3.8, 4) is 0 Å². The highest BCUT2D eigenvalue weighted by Gasteiger charge is 2.09. The molecule has 98 valence electrons. The van der Waals surface area contributed by atoms with Crippen molar-refractivity contribution in [1.82, 2.24) is 9.97 Å². The van der Waals surface area contributed by atoms with Gasteiger partial charge in [-0.05, 0) is 37.7 Å². The standard InChI is InChI=1S/C12H10ClN3O2S/c1-7-11(13)8(2)15-12(14-7)19-10-5-3-9(4-6-10)16(17)18/h3-6H,1-2H3. The summed E-state index contributed by atoms with van der Waals surface area (Å²) in [6, 6.07) is 6.26. The number of nitrogens with zero attached hydrogens (tertiary/aromatic N) is 3. The number of halogens is 1. The Bertz CT molecular complexity index is 608. The molecule has 1 aromatic carbocycles. The fourth-order valence-electron chi connectivity index (χ4n) is 1.46. The second-order valence-electron chi connectivity index (χ2n) is 3.84. The zero-order valence-electron chi connectivity index (χ0n) is 10.3. The van der Waals surface area contributed by atoms with Crippen molar-refractivity contribution >= 4 is 29.1 Å². The van der Waals surface area contributed by atoms with E-state index < -0.39 is 4.92 Å². The molecule has 0 fully saturated rings. The summed E-state index contributed by atoms with van der Waals surface area (Å²) in [6.45, 7) is 3.63. The molecule has 0 aliphatic rings. The summed E-state index contributed by atoms with van der Waals surface area (Å²) in [5, 5.41) is 11.7. The molecule has 0 radical (unpaired) electrons. The molecule has 0 aliphatic carbocycles. The molecular weight excluding hydrogens is 286 g/mol. The van der Waals surface area contributed by atoms with Crippen LogP contribution in [0.2, 0.25) is 5.02 Å². The number of aromatic nitrogens is 2. The summed E-state index contributed by atoms with van der Waals surface area (Å²) in [7, 11) is 0. The summed E-state index contributed by atoms with van der Waals surface area (Å²) < 4.78 is 0. The van der Waals surface area contributed by atoms with Crippen molar-refractivity contribution in [3.05, 3.63) is 50.8 Å². The van der Waals surface area contributed by atoms with Gasteiger partial charge in [-0.2, -0.15) is 0 Å². The van der Waals surface area contributed by atoms with E-state index in [4.69, 9.17) is 11.6 Å². The summed E-state index contributed by atoms with van der Waals surface area (Å²) in [5.74, 6) is 0. The van der Waals surface area contributed by atoms with E-state index >= 15 is 0 Å². The third-order valence-electron chi connectivity index (χ3n) is 2.42. The molecule has 0 unspecified atom stereocenters. The quantitative estimate of drug-likeness (QED) is 0.489. The molecule has 1 aromatic heterocycles. The minimum Gasteiger partial charge on any atom is -0.258 e. The largest absolute Gasteiger partial charge is 0.269 e. The Kier molecular flexibility index (Phi) is 4.01. The lowest BCUT2D eigenvalue weighted by atomic mass is 10.3. The van der Waals surface area contributed by atoms with Gasteiger partial charge in [0, 0.05) is 17.0 Å². The molecule has 0 amide bonds. The van der Waals surface area contributed by atoms with Crippen LogP contribution in [0.25, 0.3) is 0 Å². The predicted octanol–water partition coefficient (Wildman–Crippen LogP) is 3.81. The number of aryl methyl sites for hydroxylation is 2. The van der Waals surface area contributed by atoms with Crippen molar-refractivity contribution in [1.29, 1.82) is 0 Å². The minimum absolute atomic E-state index is 0.0636. The van der Waals surface area contributed by atoms with Crippen LogP contribution in [0.5, 0.6) is 0 Å². The Morgan fingerprint density at radius 3 is 2.16 bits per heavy atom. The zero-order valence-corrected chi connectivity index (χ0v) is 11.8. The van der Waals surface area contributed by atoms with Gasteiger partial charge < -0.3 is 0 Å². The number of non-ortho nitro benzene ring substituents is 1. The van der Waals surface area contributed by atoms with Crippen molar-refractivity contribution in [2.75, 3.05) is 0 Å². The first-order valence-electron chi connectivity index (χ1n) is 5.40. The van der Waals surface area contributed by atoms with Gasteiger partial charge in [0.15, 0.2) is 5.16 Å². The summed E-state index contributed by atoms with van der Waals surface area (Å²) in [4.78, 5) is 19.5. The molecule has 0 spiro atoms. The maximum Gasteiger partial charge on any atom is 0.269 e. The van der Waals surface area contributed by atoms with Crippen LogP contribution in [-0.4, -0.2) is 14.9 Å². The van der Waals surface area contributed by atoms with Crippen LogP contribution < -0.4 is 0 Å². The zero-order chi connectivity index (χ0) is 14.0. The van der Waals surface area contributed by atoms with Crippen LogP contribution in [-0.2, 0) is 0 Å². The lowest BCUT2D eigenvalue weighted by Crippen LogP contribution is -1.95. The maximum atomic E-state index is 10.6. The van der Waals surface area contributed by atoms with Crippen LogP contribution >= 0.6 is 23.4 Å². The lowest BCUT2D eigenvalue weighted by Gasteiger charge is -2.05. The van der Waals surface area contributed by atoms with Gasteiger partial charge in [-0.15, -0.1) is 0 Å². The number of nitro benzene ring substituents is 1. The normalized spacial score (nSPS) is 10.5. The van der Waals surface area contributed by atoms with Gasteiger partial charge in [0.25, 0.3) is 5.69 Å². The average molecular weight is 296 g/mol. The molecule has 0 saturated heterocycles. The predicted molar refractivity (Wildman–Crippen MR) is 73.7 cm³/mol. The molecule has 0 N–H and O–H groups in total. The number of hydrogen-bond acceptors (Lipinski definition) is 5. The van der Waals surface area contributed by atoms with Gasteiger partial charge in [-0.25, -0.2) is 9.97 Å². The maximum absolute atomic E-state index is 10.6. The number of nitro groups is 1. The minimum atomic E-state index is -0.429. The molecular formula is C12H10ClN3O2S. The van der Waals surface area contributed by atoms with Crippen molar-refractivity contribution in [2.24, 2.45) is 0 Å². The molecule has 0 atom stereocenters. The third-order valence-corrected chi connectivity index (χ3v) is 3.84. The second kappa shape index (κ2) is 5.54. The second-order valence-corrected chi connectivity index (χ2v) is 5.26. The molecule has 5 nitrogen and oxygen atoms in total. The lowest BCUT2D eigenvalue weighted by molar-refractivity contribution is -0.384. The summed E-state index contributed by atoms with van der Waals surface area (Å²) in [6.07, 6.45) is 0. The Labute approximate surface area is 119 Å². The molecule has 0 bridgehead atoms. The molecule has 0 aliphatic heterocycles. The monoisotopic (exact) mass is 295 g/mol. The summed E-state index contributed by atoms with van der Waals surface area (Å²) in [5.41, 5.74) is 1.51. The van der Waals surface area contributed by atoms with Crippen molar-refractivity contribution in [3.63, 3.8) is 0 Å². The molecule has 19 heavy (non-hydrogen) atoms. The van der Waals surface area contributed by atoms with Crippen LogP contribution in [0, 0.1) is 24.0 Å². The van der Waals surface area contributed by atoms with E-state index in [1.807, 2.05) is 13.8 Å². The smallest absolute Gasteiger partial charge is 0.258 e. The van der Waals surface area contributed by atoms with Gasteiger partial charge in [-0.1, -0.05) is 11.6 Å². The Balaban J connectivity index is 2.24. The van der Waals surface area contributed by atoms with Gasteiger partial charge in [-0.3, -0.25) is 10.1 Å². The first kappa shape index (κ1) is 13.8. The van der Waals surface area contributed by atoms with Crippen LogP contribution in [0.1, 0.15) is 11.4 Å². The molecule has 1 heterocycles. The van der Waals surface area contributed by atoms with Gasteiger partial charge in [0.05, 0.1) is 21.3 Å². The van der Waals surface area contributed by atoms with E-state index in [1.54, 1.807) is 12.1 Å². The van der Waals surface area contributed by atoms with E-state index in [0.717, 1.165) is 16.3 Å². The topological polar surface area (TPSA) is 68.9 Å². The van der Waals surface area contributed by atoms with Crippen LogP contribution in [0.3, 0.4) is 0 Å². The highest BCUT2D eigenvalue weighted by atomic mass is 35.5. The first-order chi connectivity index (χ1) is 8.97. The van der Waals surface area contributed by atoms with Gasteiger partial charge in [0.1, 0.15) is 0 Å². The molecule has 2 rings (SSSR count). The third kappa shape index (κ3) is 3.21. The van der Waals surface area contributed by atoms with E-state index in [0.29, 0.717) is 10.2 Å². The van der Waals surface area contributed by atoms with E-state index in [2.05, 4.69) is 9.97 Å². The highest BCUT2D eigenvalue weighted by Crippen LogP contribution is 2.28. The first-order valence-corrected chi connectivity index (χ1v) is 6.60. The van der Waals surface area contributed by atoms with Crippen molar-refractivity contribution in [2.45, 2.75) is 23.9 Å². The Hall–Kier alpha value is -1.66. The van der Waals surface area contributed by atoms with Gasteiger partial charge in [0.2, 0.25) is 0 Å². The molecule has 7 heteroatoms. The SMILES string of the molecule is Cc1nc(Sc2ccc([N+](=O)[O-])cc2)nc(C)c1Cl. The van der Waals surface area contributed by atoms with Crippen LogP contribution in [0.15, 0.2) is 34.3 Å². The van der Waals surface area contributed by atoms with E-state index in [9.17, 15) is 10.1 Å². The average Bonchev–Trinajstić information content (AvgIpc) is 2.36. The van der Waals surface area contributed by atoms with Crippen molar-refractivity contribution < 1.29 is 4.92 Å².